The number of rotatable bonds is 8. The van der Waals surface area contributed by atoms with Crippen LogP contribution in [0.15, 0.2) is 69.6 Å². The largest absolute Gasteiger partial charge is 0.497 e. The number of hydrogen-bond acceptors (Lipinski definition) is 6. The van der Waals surface area contributed by atoms with Gasteiger partial charge in [-0.2, -0.15) is 0 Å². The van der Waals surface area contributed by atoms with Gasteiger partial charge in [-0.15, -0.1) is 0 Å². The van der Waals surface area contributed by atoms with Crippen LogP contribution >= 0.6 is 15.9 Å². The van der Waals surface area contributed by atoms with E-state index in [9.17, 15) is 9.90 Å². The van der Waals surface area contributed by atoms with Crippen LogP contribution in [-0.4, -0.2) is 41.7 Å². The first-order valence-electron chi connectivity index (χ1n) is 10.7. The minimum atomic E-state index is -0.723. The molecular formula is C26H25BrN2O5. The molecule has 2 aromatic carbocycles. The number of aryl methyl sites for hydroxylation is 1. The van der Waals surface area contributed by atoms with Crippen LogP contribution in [0.3, 0.4) is 0 Å². The maximum Gasteiger partial charge on any atom is 0.273 e. The number of pyridine rings is 1. The third kappa shape index (κ3) is 4.93. The van der Waals surface area contributed by atoms with Crippen LogP contribution in [0.2, 0.25) is 0 Å². The molecule has 4 aromatic rings. The normalized spacial score (nSPS) is 11.9. The lowest BCUT2D eigenvalue weighted by atomic mass is 10.1. The number of aliphatic hydroxyl groups excluding tert-OH is 1. The van der Waals surface area contributed by atoms with Crippen LogP contribution in [0.4, 0.5) is 0 Å². The van der Waals surface area contributed by atoms with E-state index < -0.39 is 6.04 Å². The summed E-state index contributed by atoms with van der Waals surface area (Å²) in [6.45, 7) is 1.88. The number of amides is 1. The van der Waals surface area contributed by atoms with Gasteiger partial charge in [0.2, 0.25) is 5.88 Å². The van der Waals surface area contributed by atoms with E-state index in [0.29, 0.717) is 27.4 Å². The number of methoxy groups -OCH3 is 2. The molecule has 0 aliphatic heterocycles. The highest BCUT2D eigenvalue weighted by molar-refractivity contribution is 9.10. The van der Waals surface area contributed by atoms with Gasteiger partial charge < -0.3 is 23.9 Å². The monoisotopic (exact) mass is 524 g/mol. The van der Waals surface area contributed by atoms with Crippen LogP contribution in [0.1, 0.15) is 33.4 Å². The molecule has 2 heterocycles. The van der Waals surface area contributed by atoms with Crippen molar-refractivity contribution in [2.75, 3.05) is 20.8 Å². The van der Waals surface area contributed by atoms with Crippen molar-refractivity contribution in [3.8, 4) is 11.6 Å². The SMILES string of the molecule is COc1ccc(CN(C(=O)c2ccc(Br)c(OC)n2)C(CO)c2cc3ccc(C)cc3o2)cc1. The Balaban J connectivity index is 1.76. The Kier molecular flexibility index (Phi) is 7.19. The first-order chi connectivity index (χ1) is 16.4. The fourth-order valence-electron chi connectivity index (χ4n) is 3.75. The number of fused-ring (bicyclic) bond motifs is 1. The maximum absolute atomic E-state index is 13.7. The predicted octanol–water partition coefficient (Wildman–Crippen LogP) is 5.29. The number of ether oxygens (including phenoxy) is 2. The van der Waals surface area contributed by atoms with Crippen molar-refractivity contribution in [2.45, 2.75) is 19.5 Å². The van der Waals surface area contributed by atoms with E-state index in [4.69, 9.17) is 13.9 Å². The first kappa shape index (κ1) is 23.8. The van der Waals surface area contributed by atoms with Crippen LogP contribution in [0.5, 0.6) is 11.6 Å². The second-order valence-electron chi connectivity index (χ2n) is 7.86. The van der Waals surface area contributed by atoms with Gasteiger partial charge in [-0.1, -0.05) is 24.3 Å². The summed E-state index contributed by atoms with van der Waals surface area (Å²) >= 11 is 3.37. The van der Waals surface area contributed by atoms with Crippen molar-refractivity contribution in [3.63, 3.8) is 0 Å². The highest BCUT2D eigenvalue weighted by Crippen LogP contribution is 2.31. The summed E-state index contributed by atoms with van der Waals surface area (Å²) in [5.41, 5.74) is 2.82. The third-order valence-electron chi connectivity index (χ3n) is 5.57. The fourth-order valence-corrected chi connectivity index (χ4v) is 4.13. The van der Waals surface area contributed by atoms with Crippen LogP contribution in [0.25, 0.3) is 11.0 Å². The number of aromatic nitrogens is 1. The molecule has 0 aliphatic rings. The summed E-state index contributed by atoms with van der Waals surface area (Å²) in [5, 5.41) is 11.3. The molecular weight excluding hydrogens is 500 g/mol. The standard InChI is InChI=1S/C26H25BrN2O5/c1-16-4-7-18-13-24(34-23(18)12-16)22(15-30)29(14-17-5-8-19(32-2)9-6-17)26(31)21-11-10-20(27)25(28-21)33-3/h4-13,22,30H,14-15H2,1-3H3. The second kappa shape index (κ2) is 10.3. The van der Waals surface area contributed by atoms with Gasteiger partial charge in [0, 0.05) is 11.9 Å². The molecule has 0 saturated carbocycles. The van der Waals surface area contributed by atoms with Crippen molar-refractivity contribution in [2.24, 2.45) is 0 Å². The van der Waals surface area contributed by atoms with Gasteiger partial charge in [0.25, 0.3) is 5.91 Å². The molecule has 0 fully saturated rings. The molecule has 34 heavy (non-hydrogen) atoms. The molecule has 1 unspecified atom stereocenters. The Morgan fingerprint density at radius 3 is 2.53 bits per heavy atom. The maximum atomic E-state index is 13.7. The van der Waals surface area contributed by atoms with E-state index in [0.717, 1.165) is 16.5 Å². The zero-order valence-electron chi connectivity index (χ0n) is 19.1. The average molecular weight is 525 g/mol. The van der Waals surface area contributed by atoms with Crippen molar-refractivity contribution in [3.05, 3.63) is 87.7 Å². The molecule has 0 aliphatic carbocycles. The smallest absolute Gasteiger partial charge is 0.273 e. The van der Waals surface area contributed by atoms with Crippen molar-refractivity contribution < 1.29 is 23.8 Å². The summed E-state index contributed by atoms with van der Waals surface area (Å²) in [6.07, 6.45) is 0. The lowest BCUT2D eigenvalue weighted by Gasteiger charge is -2.29. The van der Waals surface area contributed by atoms with Crippen molar-refractivity contribution in [1.82, 2.24) is 9.88 Å². The Labute approximate surface area is 206 Å². The zero-order valence-corrected chi connectivity index (χ0v) is 20.7. The van der Waals surface area contributed by atoms with Gasteiger partial charge in [0.1, 0.15) is 28.8 Å². The van der Waals surface area contributed by atoms with Gasteiger partial charge in [-0.3, -0.25) is 4.79 Å². The van der Waals surface area contributed by atoms with Gasteiger partial charge in [0.05, 0.1) is 25.3 Å². The lowest BCUT2D eigenvalue weighted by Crippen LogP contribution is -2.36. The molecule has 0 spiro atoms. The number of carbonyl (C=O) groups excluding carboxylic acids is 1. The lowest BCUT2D eigenvalue weighted by molar-refractivity contribution is 0.0525. The van der Waals surface area contributed by atoms with Crippen LogP contribution in [-0.2, 0) is 6.54 Å². The van der Waals surface area contributed by atoms with E-state index in [1.165, 1.54) is 7.11 Å². The molecule has 4 rings (SSSR count). The fraction of sp³-hybridized carbons (Fsp3) is 0.231. The van der Waals surface area contributed by atoms with Gasteiger partial charge in [-0.05, 0) is 70.4 Å². The molecule has 1 N–H and O–H groups in total. The quantitative estimate of drug-likeness (QED) is 0.337. The van der Waals surface area contributed by atoms with E-state index in [1.54, 1.807) is 24.1 Å². The number of aliphatic hydroxyl groups is 1. The van der Waals surface area contributed by atoms with E-state index in [-0.39, 0.29) is 24.8 Å². The minimum absolute atomic E-state index is 0.193. The van der Waals surface area contributed by atoms with Crippen LogP contribution in [0, 0.1) is 6.92 Å². The van der Waals surface area contributed by atoms with Gasteiger partial charge in [0.15, 0.2) is 0 Å². The molecule has 1 amide bonds. The number of hydrogen-bond donors (Lipinski definition) is 1. The van der Waals surface area contributed by atoms with E-state index in [1.807, 2.05) is 55.5 Å². The van der Waals surface area contributed by atoms with Gasteiger partial charge in [-0.25, -0.2) is 4.98 Å². The third-order valence-corrected chi connectivity index (χ3v) is 6.17. The topological polar surface area (TPSA) is 85.0 Å². The Bertz CT molecular complexity index is 1300. The van der Waals surface area contributed by atoms with E-state index >= 15 is 0 Å². The molecule has 7 nitrogen and oxygen atoms in total. The molecule has 2 aromatic heterocycles. The Hall–Kier alpha value is -3.36. The summed E-state index contributed by atoms with van der Waals surface area (Å²) < 4.78 is 17.2. The zero-order chi connectivity index (χ0) is 24.2. The number of halogens is 1. The number of carbonyl (C=O) groups is 1. The molecule has 8 heteroatoms. The average Bonchev–Trinajstić information content (AvgIpc) is 3.27. The molecule has 0 bridgehead atoms. The summed E-state index contributed by atoms with van der Waals surface area (Å²) in [7, 11) is 3.09. The van der Waals surface area contributed by atoms with Crippen LogP contribution < -0.4 is 9.47 Å². The number of nitrogens with zero attached hydrogens (tertiary/aromatic N) is 2. The highest BCUT2D eigenvalue weighted by atomic mass is 79.9. The number of furan rings is 1. The summed E-state index contributed by atoms with van der Waals surface area (Å²) in [6, 6.07) is 17.8. The highest BCUT2D eigenvalue weighted by Gasteiger charge is 2.30. The second-order valence-corrected chi connectivity index (χ2v) is 8.71. The summed E-state index contributed by atoms with van der Waals surface area (Å²) in [5.74, 6) is 1.15. The molecule has 1 atom stereocenters. The van der Waals surface area contributed by atoms with Crippen molar-refractivity contribution >= 4 is 32.8 Å². The first-order valence-corrected chi connectivity index (χ1v) is 11.5. The molecule has 176 valence electrons. The number of benzene rings is 2. The van der Waals surface area contributed by atoms with E-state index in [2.05, 4.69) is 20.9 Å². The Morgan fingerprint density at radius 2 is 1.85 bits per heavy atom. The summed E-state index contributed by atoms with van der Waals surface area (Å²) in [4.78, 5) is 19.6. The molecule has 0 radical (unpaired) electrons. The predicted molar refractivity (Wildman–Crippen MR) is 132 cm³/mol. The van der Waals surface area contributed by atoms with Gasteiger partial charge >= 0.3 is 0 Å². The van der Waals surface area contributed by atoms with Crippen molar-refractivity contribution in [1.29, 1.82) is 0 Å². The Morgan fingerprint density at radius 1 is 1.09 bits per heavy atom. The molecule has 0 saturated heterocycles. The minimum Gasteiger partial charge on any atom is -0.497 e.